The molecule has 21 heavy (non-hydrogen) atoms. The molecule has 5 heteroatoms. The van der Waals surface area contributed by atoms with Crippen LogP contribution in [0.5, 0.6) is 0 Å². The molecule has 0 atom stereocenters. The van der Waals surface area contributed by atoms with Gasteiger partial charge >= 0.3 is 0 Å². The summed E-state index contributed by atoms with van der Waals surface area (Å²) in [5, 5.41) is 9.15. The maximum Gasteiger partial charge on any atom is 0.254 e. The van der Waals surface area contributed by atoms with Gasteiger partial charge in [0.25, 0.3) is 5.91 Å². The number of hydrogen-bond acceptors (Lipinski definition) is 3. The van der Waals surface area contributed by atoms with Gasteiger partial charge in [-0.3, -0.25) is 9.69 Å². The monoisotopic (exact) mass is 289 g/mol. The van der Waals surface area contributed by atoms with E-state index in [0.29, 0.717) is 31.7 Å². The van der Waals surface area contributed by atoms with Crippen molar-refractivity contribution in [3.63, 3.8) is 0 Å². The molecule has 112 valence electrons. The topological polar surface area (TPSA) is 47.3 Å². The Balaban J connectivity index is 2.07. The van der Waals surface area contributed by atoms with E-state index in [1.165, 1.54) is 12.1 Å². The number of nitriles is 1. The van der Waals surface area contributed by atoms with Crippen LogP contribution >= 0.6 is 0 Å². The first-order chi connectivity index (χ1) is 9.85. The molecule has 0 aromatic heterocycles. The van der Waals surface area contributed by atoms with Crippen molar-refractivity contribution < 1.29 is 9.18 Å². The number of rotatable bonds is 2. The minimum Gasteiger partial charge on any atom is -0.336 e. The van der Waals surface area contributed by atoms with Crippen LogP contribution in [0.2, 0.25) is 0 Å². The molecule has 0 radical (unpaired) electrons. The van der Waals surface area contributed by atoms with Crippen LogP contribution in [0, 0.1) is 24.1 Å². The van der Waals surface area contributed by atoms with E-state index in [0.717, 1.165) is 5.56 Å². The molecule has 0 spiro atoms. The highest BCUT2D eigenvalue weighted by atomic mass is 19.1. The van der Waals surface area contributed by atoms with Crippen molar-refractivity contribution in [3.05, 3.63) is 35.1 Å². The van der Waals surface area contributed by atoms with Gasteiger partial charge in [0.05, 0.1) is 6.07 Å². The summed E-state index contributed by atoms with van der Waals surface area (Å²) in [6, 6.07) is 6.55. The molecule has 1 saturated heterocycles. The molecule has 0 unspecified atom stereocenters. The number of hydrogen-bond donors (Lipinski definition) is 0. The van der Waals surface area contributed by atoms with Crippen molar-refractivity contribution in [1.82, 2.24) is 9.80 Å². The highest BCUT2D eigenvalue weighted by Gasteiger charge is 2.31. The van der Waals surface area contributed by atoms with Crippen LogP contribution in [0.4, 0.5) is 4.39 Å². The zero-order valence-electron chi connectivity index (χ0n) is 12.7. The molecule has 0 aliphatic carbocycles. The lowest BCUT2D eigenvalue weighted by Gasteiger charge is -2.40. The third kappa shape index (κ3) is 3.22. The molecule has 0 saturated carbocycles. The number of piperazine rings is 1. The lowest BCUT2D eigenvalue weighted by Crippen LogP contribution is -2.55. The number of nitrogens with zero attached hydrogens (tertiary/aromatic N) is 3. The Hall–Kier alpha value is -1.93. The van der Waals surface area contributed by atoms with Gasteiger partial charge in [0, 0.05) is 31.7 Å². The first-order valence-electron chi connectivity index (χ1n) is 7.07. The first kappa shape index (κ1) is 15.5. The van der Waals surface area contributed by atoms with Gasteiger partial charge in [-0.1, -0.05) is 6.07 Å². The van der Waals surface area contributed by atoms with Gasteiger partial charge in [-0.25, -0.2) is 4.39 Å². The summed E-state index contributed by atoms with van der Waals surface area (Å²) in [4.78, 5) is 16.3. The van der Waals surface area contributed by atoms with Crippen LogP contribution in [-0.4, -0.2) is 47.4 Å². The standard InChI is InChI=1S/C16H20FN3O/c1-12-4-5-13(17)10-14(12)15(21)19-6-8-20(9-7-19)16(2,3)11-18/h4-5,10H,6-9H2,1-3H3. The molecule has 4 nitrogen and oxygen atoms in total. The Labute approximate surface area is 124 Å². The molecule has 1 amide bonds. The molecular formula is C16H20FN3O. The van der Waals surface area contributed by atoms with Crippen molar-refractivity contribution >= 4 is 5.91 Å². The molecule has 1 aliphatic heterocycles. The van der Waals surface area contributed by atoms with Crippen LogP contribution in [0.15, 0.2) is 18.2 Å². The second kappa shape index (κ2) is 5.82. The third-order valence-corrected chi connectivity index (χ3v) is 4.06. The Morgan fingerprint density at radius 1 is 1.29 bits per heavy atom. The van der Waals surface area contributed by atoms with Crippen LogP contribution in [-0.2, 0) is 0 Å². The largest absolute Gasteiger partial charge is 0.336 e. The molecule has 2 rings (SSSR count). The van der Waals surface area contributed by atoms with Crippen molar-refractivity contribution in [1.29, 1.82) is 5.26 Å². The summed E-state index contributed by atoms with van der Waals surface area (Å²) < 4.78 is 13.3. The molecule has 0 N–H and O–H groups in total. The fourth-order valence-corrected chi connectivity index (χ4v) is 2.53. The Bertz CT molecular complexity index is 584. The third-order valence-electron chi connectivity index (χ3n) is 4.06. The highest BCUT2D eigenvalue weighted by Crippen LogP contribution is 2.18. The molecule has 1 aromatic carbocycles. The number of benzene rings is 1. The molecule has 0 bridgehead atoms. The SMILES string of the molecule is Cc1ccc(F)cc1C(=O)N1CCN(C(C)(C)C#N)CC1. The van der Waals surface area contributed by atoms with Gasteiger partial charge in [0.2, 0.25) is 0 Å². The quantitative estimate of drug-likeness (QED) is 0.838. The van der Waals surface area contributed by atoms with Crippen LogP contribution in [0.1, 0.15) is 29.8 Å². The summed E-state index contributed by atoms with van der Waals surface area (Å²) >= 11 is 0. The summed E-state index contributed by atoms with van der Waals surface area (Å²) in [5.74, 6) is -0.533. The van der Waals surface area contributed by atoms with Gasteiger partial charge in [-0.15, -0.1) is 0 Å². The minimum absolute atomic E-state index is 0.138. The van der Waals surface area contributed by atoms with Crippen molar-refractivity contribution in [2.75, 3.05) is 26.2 Å². The van der Waals surface area contributed by atoms with Gasteiger partial charge in [0.15, 0.2) is 0 Å². The van der Waals surface area contributed by atoms with E-state index in [4.69, 9.17) is 5.26 Å². The Morgan fingerprint density at radius 2 is 1.90 bits per heavy atom. The van der Waals surface area contributed by atoms with Gasteiger partial charge in [-0.2, -0.15) is 5.26 Å². The molecule has 1 heterocycles. The Kier molecular flexibility index (Phi) is 4.29. The summed E-state index contributed by atoms with van der Waals surface area (Å²) in [6.07, 6.45) is 0. The lowest BCUT2D eigenvalue weighted by molar-refractivity contribution is 0.0520. The number of halogens is 1. The molecule has 1 aliphatic rings. The fourth-order valence-electron chi connectivity index (χ4n) is 2.53. The zero-order chi connectivity index (χ0) is 15.6. The van der Waals surface area contributed by atoms with E-state index in [1.807, 2.05) is 20.8 Å². The van der Waals surface area contributed by atoms with Gasteiger partial charge in [0.1, 0.15) is 11.4 Å². The van der Waals surface area contributed by atoms with Crippen LogP contribution in [0.25, 0.3) is 0 Å². The average Bonchev–Trinajstić information content (AvgIpc) is 2.49. The number of carbonyl (C=O) groups is 1. The predicted molar refractivity (Wildman–Crippen MR) is 78.3 cm³/mol. The second-order valence-electron chi connectivity index (χ2n) is 5.91. The second-order valence-corrected chi connectivity index (χ2v) is 5.91. The molecule has 1 aromatic rings. The van der Waals surface area contributed by atoms with Gasteiger partial charge < -0.3 is 4.90 Å². The number of carbonyl (C=O) groups excluding carboxylic acids is 1. The predicted octanol–water partition coefficient (Wildman–Crippen LogP) is 2.19. The zero-order valence-corrected chi connectivity index (χ0v) is 12.7. The van der Waals surface area contributed by atoms with Crippen molar-refractivity contribution in [3.8, 4) is 6.07 Å². The van der Waals surface area contributed by atoms with Gasteiger partial charge in [-0.05, 0) is 38.5 Å². The van der Waals surface area contributed by atoms with E-state index < -0.39 is 11.4 Å². The lowest BCUT2D eigenvalue weighted by atomic mass is 10.0. The normalized spacial score (nSPS) is 16.6. The summed E-state index contributed by atoms with van der Waals surface area (Å²) in [5.41, 5.74) is 0.674. The molecular weight excluding hydrogens is 269 g/mol. The van der Waals surface area contributed by atoms with E-state index >= 15 is 0 Å². The first-order valence-corrected chi connectivity index (χ1v) is 7.07. The summed E-state index contributed by atoms with van der Waals surface area (Å²) in [6.45, 7) is 7.98. The smallest absolute Gasteiger partial charge is 0.254 e. The number of amides is 1. The van der Waals surface area contributed by atoms with Crippen LogP contribution < -0.4 is 0 Å². The van der Waals surface area contributed by atoms with Crippen molar-refractivity contribution in [2.24, 2.45) is 0 Å². The van der Waals surface area contributed by atoms with Crippen molar-refractivity contribution in [2.45, 2.75) is 26.3 Å². The fraction of sp³-hybridized carbons (Fsp3) is 0.500. The van der Waals surface area contributed by atoms with Crippen LogP contribution in [0.3, 0.4) is 0 Å². The van der Waals surface area contributed by atoms with E-state index in [2.05, 4.69) is 11.0 Å². The van der Waals surface area contributed by atoms with E-state index in [9.17, 15) is 9.18 Å². The highest BCUT2D eigenvalue weighted by molar-refractivity contribution is 5.95. The average molecular weight is 289 g/mol. The summed E-state index contributed by atoms with van der Waals surface area (Å²) in [7, 11) is 0. The minimum atomic E-state index is -0.524. The Morgan fingerprint density at radius 3 is 2.48 bits per heavy atom. The maximum atomic E-state index is 13.3. The maximum absolute atomic E-state index is 13.3. The van der Waals surface area contributed by atoms with E-state index in [-0.39, 0.29) is 5.91 Å². The van der Waals surface area contributed by atoms with E-state index in [1.54, 1.807) is 11.0 Å². The number of aryl methyl sites for hydroxylation is 1. The molecule has 1 fully saturated rings.